The van der Waals surface area contributed by atoms with Crippen LogP contribution in [0.4, 0.5) is 0 Å². The van der Waals surface area contributed by atoms with Gasteiger partial charge >= 0.3 is 0 Å². The third kappa shape index (κ3) is 3.52. The van der Waals surface area contributed by atoms with E-state index in [-0.39, 0.29) is 18.8 Å². The maximum absolute atomic E-state index is 10.5. The fourth-order valence-corrected chi connectivity index (χ4v) is 3.82. The number of para-hydroxylation sites is 1. The molecule has 0 aliphatic carbocycles. The number of furan rings is 1. The second kappa shape index (κ2) is 7.56. The first-order valence-corrected chi connectivity index (χ1v) is 9.38. The first kappa shape index (κ1) is 19.0. The lowest BCUT2D eigenvalue weighted by molar-refractivity contribution is -0.180. The van der Waals surface area contributed by atoms with Crippen molar-refractivity contribution in [2.24, 2.45) is 0 Å². The third-order valence-corrected chi connectivity index (χ3v) is 5.38. The minimum Gasteiger partial charge on any atom is -0.508 e. The van der Waals surface area contributed by atoms with Crippen LogP contribution in [0.1, 0.15) is 35.0 Å². The summed E-state index contributed by atoms with van der Waals surface area (Å²) >= 11 is 0. The van der Waals surface area contributed by atoms with Crippen molar-refractivity contribution in [3.05, 3.63) is 64.9 Å². The zero-order chi connectivity index (χ0) is 19.8. The molecule has 1 aliphatic rings. The fraction of sp³-hybridized carbons (Fsp3) is 0.364. The number of aromatic hydroxyl groups is 1. The van der Waals surface area contributed by atoms with Crippen LogP contribution in [0.25, 0.3) is 11.0 Å². The van der Waals surface area contributed by atoms with Gasteiger partial charge in [0.15, 0.2) is 0 Å². The van der Waals surface area contributed by atoms with Gasteiger partial charge in [0.25, 0.3) is 0 Å². The van der Waals surface area contributed by atoms with Crippen molar-refractivity contribution in [1.29, 1.82) is 0 Å². The summed E-state index contributed by atoms with van der Waals surface area (Å²) in [6.07, 6.45) is -3.07. The molecule has 0 radical (unpaired) electrons. The molecule has 28 heavy (non-hydrogen) atoms. The second-order valence-electron chi connectivity index (χ2n) is 7.42. The molecule has 6 nitrogen and oxygen atoms in total. The minimum absolute atomic E-state index is 0.0132. The molecule has 3 aromatic rings. The van der Waals surface area contributed by atoms with Crippen LogP contribution in [-0.4, -0.2) is 45.3 Å². The summed E-state index contributed by atoms with van der Waals surface area (Å²) in [6, 6.07) is 13.2. The van der Waals surface area contributed by atoms with Crippen molar-refractivity contribution in [2.45, 2.75) is 44.2 Å². The third-order valence-electron chi connectivity index (χ3n) is 5.38. The van der Waals surface area contributed by atoms with Crippen LogP contribution in [-0.2, 0) is 11.2 Å². The van der Waals surface area contributed by atoms with Gasteiger partial charge in [-0.25, -0.2) is 0 Å². The molecule has 1 fully saturated rings. The first-order valence-electron chi connectivity index (χ1n) is 9.38. The van der Waals surface area contributed by atoms with E-state index in [2.05, 4.69) is 0 Å². The normalized spacial score (nSPS) is 25.3. The van der Waals surface area contributed by atoms with E-state index in [0.29, 0.717) is 12.0 Å². The number of fused-ring (bicyclic) bond motifs is 1. The van der Waals surface area contributed by atoms with Gasteiger partial charge in [-0.3, -0.25) is 0 Å². The first-order chi connectivity index (χ1) is 13.5. The number of phenolic OH excluding ortho intramolecular Hbond substituents is 1. The van der Waals surface area contributed by atoms with Crippen LogP contribution in [0.15, 0.2) is 46.9 Å². The average molecular weight is 384 g/mol. The van der Waals surface area contributed by atoms with E-state index in [4.69, 9.17) is 9.15 Å². The number of rotatable bonds is 4. The number of benzene rings is 2. The lowest BCUT2D eigenvalue weighted by atomic mass is 9.90. The van der Waals surface area contributed by atoms with Crippen molar-refractivity contribution < 1.29 is 29.6 Å². The van der Waals surface area contributed by atoms with Crippen molar-refractivity contribution in [3.8, 4) is 5.75 Å². The predicted molar refractivity (Wildman–Crippen MR) is 103 cm³/mol. The zero-order valence-corrected chi connectivity index (χ0v) is 15.6. The van der Waals surface area contributed by atoms with E-state index >= 15 is 0 Å². The van der Waals surface area contributed by atoms with E-state index in [1.807, 2.05) is 37.3 Å². The Morgan fingerprint density at radius 1 is 1.11 bits per heavy atom. The predicted octanol–water partition coefficient (Wildman–Crippen LogP) is 2.58. The average Bonchev–Trinajstić information content (AvgIpc) is 3.08. The van der Waals surface area contributed by atoms with E-state index in [1.165, 1.54) is 0 Å². The standard InChI is InChI=1S/C22H24O6/c1-12-6-18(24)17(22-21(26)19(25)10-16(11-23)28-22)9-14(12)8-15-7-13-4-2-3-5-20(13)27-15/h2-7,9,16,19,21-26H,8,10-11H2,1H3. The van der Waals surface area contributed by atoms with Gasteiger partial charge in [-0.15, -0.1) is 0 Å². The topological polar surface area (TPSA) is 103 Å². The molecule has 2 heterocycles. The molecule has 1 aromatic heterocycles. The molecule has 4 unspecified atom stereocenters. The van der Waals surface area contributed by atoms with E-state index in [9.17, 15) is 20.4 Å². The molecule has 0 spiro atoms. The molecule has 4 rings (SSSR count). The maximum atomic E-state index is 10.5. The molecule has 0 bridgehead atoms. The number of hydrogen-bond acceptors (Lipinski definition) is 6. The molecule has 1 saturated heterocycles. The Labute approximate surface area is 162 Å². The molecule has 2 aromatic carbocycles. The van der Waals surface area contributed by atoms with Gasteiger partial charge in [0.2, 0.25) is 0 Å². The Bertz CT molecular complexity index is 945. The Morgan fingerprint density at radius 3 is 2.64 bits per heavy atom. The van der Waals surface area contributed by atoms with Gasteiger partial charge in [0, 0.05) is 23.8 Å². The Morgan fingerprint density at radius 2 is 1.89 bits per heavy atom. The van der Waals surface area contributed by atoms with E-state index in [1.54, 1.807) is 12.1 Å². The highest BCUT2D eigenvalue weighted by molar-refractivity contribution is 5.77. The van der Waals surface area contributed by atoms with E-state index in [0.717, 1.165) is 27.9 Å². The SMILES string of the molecule is Cc1cc(O)c(C2OC(CO)CC(O)C2O)cc1Cc1cc2ccccc2o1. The van der Waals surface area contributed by atoms with Crippen LogP contribution in [0.3, 0.4) is 0 Å². The molecule has 6 heteroatoms. The molecule has 1 aliphatic heterocycles. The van der Waals surface area contributed by atoms with Gasteiger partial charge in [-0.2, -0.15) is 0 Å². The molecule has 148 valence electrons. The number of phenols is 1. The Hall–Kier alpha value is -2.38. The highest BCUT2D eigenvalue weighted by Crippen LogP contribution is 2.38. The number of aliphatic hydroxyl groups is 3. The lowest BCUT2D eigenvalue weighted by Crippen LogP contribution is -2.44. The molecular weight excluding hydrogens is 360 g/mol. The molecule has 0 amide bonds. The zero-order valence-electron chi connectivity index (χ0n) is 15.6. The highest BCUT2D eigenvalue weighted by Gasteiger charge is 2.38. The van der Waals surface area contributed by atoms with Gasteiger partial charge in [-0.1, -0.05) is 18.2 Å². The molecule has 0 saturated carbocycles. The summed E-state index contributed by atoms with van der Waals surface area (Å²) in [5.41, 5.74) is 3.00. The van der Waals surface area contributed by atoms with Gasteiger partial charge < -0.3 is 29.6 Å². The van der Waals surface area contributed by atoms with Gasteiger partial charge in [0.1, 0.15) is 29.3 Å². The Kier molecular flexibility index (Phi) is 5.12. The van der Waals surface area contributed by atoms with Crippen molar-refractivity contribution in [3.63, 3.8) is 0 Å². The van der Waals surface area contributed by atoms with Crippen molar-refractivity contribution in [1.82, 2.24) is 0 Å². The van der Waals surface area contributed by atoms with Crippen LogP contribution < -0.4 is 0 Å². The minimum atomic E-state index is -1.18. The molecule has 4 atom stereocenters. The van der Waals surface area contributed by atoms with Gasteiger partial charge in [0.05, 0.1) is 18.8 Å². The number of ether oxygens (including phenoxy) is 1. The smallest absolute Gasteiger partial charge is 0.134 e. The summed E-state index contributed by atoms with van der Waals surface area (Å²) in [5, 5.41) is 41.4. The monoisotopic (exact) mass is 384 g/mol. The summed E-state index contributed by atoms with van der Waals surface area (Å²) in [7, 11) is 0. The van der Waals surface area contributed by atoms with Crippen LogP contribution in [0.5, 0.6) is 5.75 Å². The van der Waals surface area contributed by atoms with Crippen LogP contribution >= 0.6 is 0 Å². The van der Waals surface area contributed by atoms with Crippen molar-refractivity contribution in [2.75, 3.05) is 6.61 Å². The molecular formula is C22H24O6. The number of hydrogen-bond donors (Lipinski definition) is 4. The summed E-state index contributed by atoms with van der Waals surface area (Å²) < 4.78 is 11.6. The maximum Gasteiger partial charge on any atom is 0.134 e. The summed E-state index contributed by atoms with van der Waals surface area (Å²) in [5.74, 6) is 0.778. The summed E-state index contributed by atoms with van der Waals surface area (Å²) in [6.45, 7) is 1.63. The number of aliphatic hydroxyl groups excluding tert-OH is 3. The lowest BCUT2D eigenvalue weighted by Gasteiger charge is -2.37. The van der Waals surface area contributed by atoms with Gasteiger partial charge in [-0.05, 0) is 42.3 Å². The second-order valence-corrected chi connectivity index (χ2v) is 7.42. The largest absolute Gasteiger partial charge is 0.508 e. The quantitative estimate of drug-likeness (QED) is 0.551. The van der Waals surface area contributed by atoms with Crippen LogP contribution in [0, 0.1) is 6.92 Å². The number of aryl methyl sites for hydroxylation is 1. The van der Waals surface area contributed by atoms with Crippen LogP contribution in [0.2, 0.25) is 0 Å². The summed E-state index contributed by atoms with van der Waals surface area (Å²) in [4.78, 5) is 0. The highest BCUT2D eigenvalue weighted by atomic mass is 16.5. The van der Waals surface area contributed by atoms with Crippen molar-refractivity contribution >= 4 is 11.0 Å². The van der Waals surface area contributed by atoms with E-state index < -0.39 is 24.4 Å². The Balaban J connectivity index is 1.67. The fourth-order valence-electron chi connectivity index (χ4n) is 3.82. The molecule has 4 N–H and O–H groups in total.